The summed E-state index contributed by atoms with van der Waals surface area (Å²) >= 11 is 1.82. The number of aliphatic carboxylic acids is 1. The maximum absolute atomic E-state index is 10.9. The van der Waals surface area contributed by atoms with Crippen LogP contribution in [0.15, 0.2) is 0 Å². The van der Waals surface area contributed by atoms with Gasteiger partial charge in [-0.2, -0.15) is 0 Å². The molecular formula is C11H19NO2S. The molecule has 2 fully saturated rings. The summed E-state index contributed by atoms with van der Waals surface area (Å²) in [6.45, 7) is 4.58. The fourth-order valence-corrected chi connectivity index (χ4v) is 4.19. The van der Waals surface area contributed by atoms with Crippen molar-refractivity contribution >= 4 is 17.7 Å². The van der Waals surface area contributed by atoms with Crippen molar-refractivity contribution in [2.24, 2.45) is 11.8 Å². The van der Waals surface area contributed by atoms with E-state index >= 15 is 0 Å². The zero-order valence-corrected chi connectivity index (χ0v) is 10.1. The molecule has 3 nitrogen and oxygen atoms in total. The Kier molecular flexibility index (Phi) is 2.99. The third kappa shape index (κ3) is 2.16. The number of carbonyl (C=O) groups is 1. The van der Waals surface area contributed by atoms with Crippen molar-refractivity contribution in [2.75, 3.05) is 5.75 Å². The quantitative estimate of drug-likeness (QED) is 0.721. The van der Waals surface area contributed by atoms with Gasteiger partial charge in [-0.3, -0.25) is 10.1 Å². The number of thioether (sulfide) groups is 1. The van der Waals surface area contributed by atoms with Crippen LogP contribution in [0.5, 0.6) is 0 Å². The van der Waals surface area contributed by atoms with Gasteiger partial charge < -0.3 is 5.11 Å². The zero-order chi connectivity index (χ0) is 11.1. The Morgan fingerprint density at radius 1 is 1.47 bits per heavy atom. The molecule has 4 atom stereocenters. The summed E-state index contributed by atoms with van der Waals surface area (Å²) in [7, 11) is 0. The van der Waals surface area contributed by atoms with Gasteiger partial charge in [0.2, 0.25) is 0 Å². The first-order chi connectivity index (χ1) is 7.02. The normalized spacial score (nSPS) is 45.9. The molecule has 3 unspecified atom stereocenters. The summed E-state index contributed by atoms with van der Waals surface area (Å²) in [5.74, 6) is 1.50. The molecule has 1 spiro atoms. The number of hydrogen-bond acceptors (Lipinski definition) is 3. The average molecular weight is 229 g/mol. The molecule has 1 saturated carbocycles. The SMILES string of the molecule is CC1CCC2(CC1C)N[C@@H](C(=O)O)CS2. The molecule has 0 aromatic carbocycles. The lowest BCUT2D eigenvalue weighted by Gasteiger charge is -2.40. The molecule has 1 aliphatic heterocycles. The van der Waals surface area contributed by atoms with Gasteiger partial charge in [-0.15, -0.1) is 11.8 Å². The van der Waals surface area contributed by atoms with E-state index in [-0.39, 0.29) is 10.9 Å². The molecule has 0 aromatic rings. The first-order valence-electron chi connectivity index (χ1n) is 5.67. The maximum Gasteiger partial charge on any atom is 0.321 e. The molecule has 1 heterocycles. The highest BCUT2D eigenvalue weighted by Gasteiger charge is 2.45. The highest BCUT2D eigenvalue weighted by Crippen LogP contribution is 2.46. The summed E-state index contributed by atoms with van der Waals surface area (Å²) in [5.41, 5.74) is 0. The minimum absolute atomic E-state index is 0.0645. The van der Waals surface area contributed by atoms with Crippen molar-refractivity contribution in [1.29, 1.82) is 0 Å². The molecule has 2 N–H and O–H groups in total. The second kappa shape index (κ2) is 3.98. The second-order valence-electron chi connectivity index (χ2n) is 5.04. The standard InChI is InChI=1S/C11H19NO2S/c1-7-3-4-11(5-8(7)2)12-9(6-15-11)10(13)14/h7-9,12H,3-6H2,1-2H3,(H,13,14)/t7?,8?,9-,11?/m1/s1. The van der Waals surface area contributed by atoms with Crippen molar-refractivity contribution in [3.05, 3.63) is 0 Å². The Labute approximate surface area is 95.0 Å². The largest absolute Gasteiger partial charge is 0.480 e. The summed E-state index contributed by atoms with van der Waals surface area (Å²) < 4.78 is 0. The molecule has 2 rings (SSSR count). The lowest BCUT2D eigenvalue weighted by atomic mass is 9.78. The predicted molar refractivity (Wildman–Crippen MR) is 61.9 cm³/mol. The van der Waals surface area contributed by atoms with Crippen LogP contribution in [-0.2, 0) is 4.79 Å². The number of nitrogens with one attached hydrogen (secondary N) is 1. The first kappa shape index (κ1) is 11.3. The van der Waals surface area contributed by atoms with Gasteiger partial charge in [0.05, 0.1) is 4.87 Å². The molecular weight excluding hydrogens is 210 g/mol. The van der Waals surface area contributed by atoms with Gasteiger partial charge in [0, 0.05) is 5.75 Å². The average Bonchev–Trinajstić information content (AvgIpc) is 2.57. The number of carboxylic acid groups (broad SMARTS) is 1. The summed E-state index contributed by atoms with van der Waals surface area (Å²) in [4.78, 5) is 11.0. The highest BCUT2D eigenvalue weighted by atomic mass is 32.2. The van der Waals surface area contributed by atoms with Crippen LogP contribution in [0, 0.1) is 11.8 Å². The fraction of sp³-hybridized carbons (Fsp3) is 0.909. The molecule has 0 radical (unpaired) electrons. The second-order valence-corrected chi connectivity index (χ2v) is 6.44. The minimum Gasteiger partial charge on any atom is -0.480 e. The Morgan fingerprint density at radius 2 is 2.20 bits per heavy atom. The van der Waals surface area contributed by atoms with Crippen molar-refractivity contribution in [3.8, 4) is 0 Å². The van der Waals surface area contributed by atoms with Gasteiger partial charge in [0.15, 0.2) is 0 Å². The van der Waals surface area contributed by atoms with E-state index in [2.05, 4.69) is 19.2 Å². The van der Waals surface area contributed by atoms with E-state index in [1.54, 1.807) is 0 Å². The summed E-state index contributed by atoms with van der Waals surface area (Å²) in [5, 5.41) is 12.3. The Morgan fingerprint density at radius 3 is 2.73 bits per heavy atom. The van der Waals surface area contributed by atoms with Gasteiger partial charge in [0.1, 0.15) is 6.04 Å². The van der Waals surface area contributed by atoms with Crippen LogP contribution in [0.4, 0.5) is 0 Å². The van der Waals surface area contributed by atoms with Gasteiger partial charge in [-0.25, -0.2) is 0 Å². The molecule has 2 aliphatic rings. The van der Waals surface area contributed by atoms with Crippen LogP contribution in [0.2, 0.25) is 0 Å². The third-order valence-corrected chi connectivity index (χ3v) is 5.43. The molecule has 4 heteroatoms. The van der Waals surface area contributed by atoms with Crippen LogP contribution in [0.25, 0.3) is 0 Å². The van der Waals surface area contributed by atoms with E-state index in [1.807, 2.05) is 11.8 Å². The number of rotatable bonds is 1. The van der Waals surface area contributed by atoms with Crippen LogP contribution in [0.3, 0.4) is 0 Å². The van der Waals surface area contributed by atoms with Crippen LogP contribution >= 0.6 is 11.8 Å². The monoisotopic (exact) mass is 229 g/mol. The Hall–Kier alpha value is -0.220. The van der Waals surface area contributed by atoms with Gasteiger partial charge in [-0.05, 0) is 31.1 Å². The van der Waals surface area contributed by atoms with Gasteiger partial charge in [0.25, 0.3) is 0 Å². The highest BCUT2D eigenvalue weighted by molar-refractivity contribution is 8.00. The smallest absolute Gasteiger partial charge is 0.321 e. The molecule has 0 amide bonds. The molecule has 1 aliphatic carbocycles. The summed E-state index contributed by atoms with van der Waals surface area (Å²) in [6.07, 6.45) is 3.45. The molecule has 86 valence electrons. The van der Waals surface area contributed by atoms with Gasteiger partial charge >= 0.3 is 5.97 Å². The van der Waals surface area contributed by atoms with Gasteiger partial charge in [-0.1, -0.05) is 13.8 Å². The Bertz CT molecular complexity index is 271. The Balaban J connectivity index is 2.01. The van der Waals surface area contributed by atoms with Crippen LogP contribution < -0.4 is 5.32 Å². The van der Waals surface area contributed by atoms with E-state index in [9.17, 15) is 4.79 Å². The van der Waals surface area contributed by atoms with E-state index < -0.39 is 5.97 Å². The fourth-order valence-electron chi connectivity index (χ4n) is 2.61. The van der Waals surface area contributed by atoms with E-state index in [0.29, 0.717) is 5.92 Å². The molecule has 15 heavy (non-hydrogen) atoms. The number of carboxylic acids is 1. The van der Waals surface area contributed by atoms with Crippen molar-refractivity contribution < 1.29 is 9.90 Å². The first-order valence-corrected chi connectivity index (χ1v) is 6.65. The third-order valence-electron chi connectivity index (χ3n) is 3.89. The molecule has 0 aromatic heterocycles. The maximum atomic E-state index is 10.9. The molecule has 0 bridgehead atoms. The van der Waals surface area contributed by atoms with Crippen molar-refractivity contribution in [1.82, 2.24) is 5.32 Å². The summed E-state index contributed by atoms with van der Waals surface area (Å²) in [6, 6.07) is -0.337. The minimum atomic E-state index is -0.703. The lowest BCUT2D eigenvalue weighted by molar-refractivity contribution is -0.139. The lowest BCUT2D eigenvalue weighted by Crippen LogP contribution is -2.48. The van der Waals surface area contributed by atoms with E-state index in [0.717, 1.165) is 24.5 Å². The predicted octanol–water partition coefficient (Wildman–Crippen LogP) is 1.93. The van der Waals surface area contributed by atoms with E-state index in [4.69, 9.17) is 5.11 Å². The topological polar surface area (TPSA) is 49.3 Å². The van der Waals surface area contributed by atoms with Crippen molar-refractivity contribution in [2.45, 2.75) is 44.0 Å². The van der Waals surface area contributed by atoms with Crippen LogP contribution in [-0.4, -0.2) is 27.7 Å². The molecule has 1 saturated heterocycles. The van der Waals surface area contributed by atoms with Crippen LogP contribution in [0.1, 0.15) is 33.1 Å². The van der Waals surface area contributed by atoms with E-state index in [1.165, 1.54) is 6.42 Å². The number of hydrogen-bond donors (Lipinski definition) is 2. The zero-order valence-electron chi connectivity index (χ0n) is 9.32. The van der Waals surface area contributed by atoms with Crippen molar-refractivity contribution in [3.63, 3.8) is 0 Å².